The lowest BCUT2D eigenvalue weighted by molar-refractivity contribution is 0.0953. The monoisotopic (exact) mass is 616 g/mol. The standard InChI is InChI=1S/C31H27BrF2N6O/c32-27-22(33)12-13-25(28(27)34)40-30-21-11-10-18(16-26(21)37-17-38-30)31(41)36-15-5-14-35-29-19-6-1-3-8-23(19)39-24-9-4-2-7-20(24)29/h1,3,6,8,10-13,16-17H,2,4-5,7,9,14-15H2,(H,35,39)(H,36,41)(H,37,38,40). The molecule has 1 aliphatic carbocycles. The Kier molecular flexibility index (Phi) is 7.74. The van der Waals surface area contributed by atoms with E-state index in [9.17, 15) is 13.6 Å². The summed E-state index contributed by atoms with van der Waals surface area (Å²) in [5.41, 5.74) is 5.74. The Labute approximate surface area is 243 Å². The molecule has 0 aliphatic heterocycles. The number of halogens is 3. The van der Waals surface area contributed by atoms with Gasteiger partial charge in [0.1, 0.15) is 18.0 Å². The molecule has 6 rings (SSSR count). The van der Waals surface area contributed by atoms with Gasteiger partial charge in [0.05, 0.1) is 21.2 Å². The van der Waals surface area contributed by atoms with Crippen molar-refractivity contribution < 1.29 is 13.6 Å². The van der Waals surface area contributed by atoms with Crippen LogP contribution < -0.4 is 16.0 Å². The first-order chi connectivity index (χ1) is 20.0. The summed E-state index contributed by atoms with van der Waals surface area (Å²) in [6, 6.07) is 15.7. The molecule has 41 heavy (non-hydrogen) atoms. The Morgan fingerprint density at radius 2 is 1.78 bits per heavy atom. The zero-order valence-corrected chi connectivity index (χ0v) is 23.7. The van der Waals surface area contributed by atoms with E-state index in [0.717, 1.165) is 42.8 Å². The van der Waals surface area contributed by atoms with Gasteiger partial charge in [0.2, 0.25) is 0 Å². The van der Waals surface area contributed by atoms with E-state index in [1.165, 1.54) is 42.2 Å². The molecule has 1 amide bonds. The first-order valence-electron chi connectivity index (χ1n) is 13.6. The van der Waals surface area contributed by atoms with Crippen molar-refractivity contribution in [3.05, 3.63) is 93.9 Å². The quantitative estimate of drug-likeness (QED) is 0.127. The third-order valence-corrected chi connectivity index (χ3v) is 8.02. The Balaban J connectivity index is 1.09. The normalized spacial score (nSPS) is 12.8. The number of benzene rings is 3. The van der Waals surface area contributed by atoms with Crippen LogP contribution in [0.2, 0.25) is 0 Å². The van der Waals surface area contributed by atoms with Crippen LogP contribution in [0.1, 0.15) is 40.9 Å². The number of carbonyl (C=O) groups is 1. The molecule has 0 fully saturated rings. The van der Waals surface area contributed by atoms with Crippen LogP contribution in [0.25, 0.3) is 21.8 Å². The number of pyridine rings is 1. The van der Waals surface area contributed by atoms with E-state index in [0.29, 0.717) is 28.8 Å². The fourth-order valence-corrected chi connectivity index (χ4v) is 5.57. The molecule has 10 heteroatoms. The number of anilines is 3. The Hall–Kier alpha value is -4.18. The van der Waals surface area contributed by atoms with Crippen molar-refractivity contribution in [2.24, 2.45) is 0 Å². The van der Waals surface area contributed by atoms with Crippen LogP contribution in [0.15, 0.2) is 65.4 Å². The highest BCUT2D eigenvalue weighted by atomic mass is 79.9. The summed E-state index contributed by atoms with van der Waals surface area (Å²) in [5.74, 6) is -1.33. The number of para-hydroxylation sites is 1. The first-order valence-corrected chi connectivity index (χ1v) is 14.4. The number of carbonyl (C=O) groups excluding carboxylic acids is 1. The molecule has 0 bridgehead atoms. The topological polar surface area (TPSA) is 91.8 Å². The van der Waals surface area contributed by atoms with E-state index in [1.807, 2.05) is 12.1 Å². The predicted octanol–water partition coefficient (Wildman–Crippen LogP) is 7.07. The molecular formula is C31H27BrF2N6O. The molecule has 0 radical (unpaired) electrons. The number of nitrogens with one attached hydrogen (secondary N) is 3. The van der Waals surface area contributed by atoms with Crippen molar-refractivity contribution in [1.29, 1.82) is 0 Å². The predicted molar refractivity (Wildman–Crippen MR) is 161 cm³/mol. The van der Waals surface area contributed by atoms with Gasteiger partial charge < -0.3 is 16.0 Å². The van der Waals surface area contributed by atoms with Gasteiger partial charge in [0.25, 0.3) is 5.91 Å². The maximum Gasteiger partial charge on any atom is 0.251 e. The van der Waals surface area contributed by atoms with Crippen LogP contribution >= 0.6 is 15.9 Å². The summed E-state index contributed by atoms with van der Waals surface area (Å²) in [6.07, 6.45) is 6.47. The molecule has 208 valence electrons. The second-order valence-electron chi connectivity index (χ2n) is 9.97. The van der Waals surface area contributed by atoms with Crippen LogP contribution in [-0.2, 0) is 12.8 Å². The van der Waals surface area contributed by atoms with E-state index < -0.39 is 11.6 Å². The SMILES string of the molecule is O=C(NCCCNc1c2c(nc3ccccc13)CCCC2)c1ccc2c(Nc3ccc(F)c(Br)c3F)ncnc2c1. The Bertz CT molecular complexity index is 1780. The lowest BCUT2D eigenvalue weighted by atomic mass is 9.92. The zero-order valence-electron chi connectivity index (χ0n) is 22.1. The molecule has 7 nitrogen and oxygen atoms in total. The van der Waals surface area contributed by atoms with Crippen molar-refractivity contribution in [2.45, 2.75) is 32.1 Å². The number of fused-ring (bicyclic) bond motifs is 3. The summed E-state index contributed by atoms with van der Waals surface area (Å²) in [6.45, 7) is 1.22. The fraction of sp³-hybridized carbons (Fsp3) is 0.226. The summed E-state index contributed by atoms with van der Waals surface area (Å²) in [4.78, 5) is 26.3. The van der Waals surface area contributed by atoms with Gasteiger partial charge in [-0.1, -0.05) is 18.2 Å². The van der Waals surface area contributed by atoms with Gasteiger partial charge in [-0.05, 0) is 90.0 Å². The number of rotatable bonds is 8. The molecule has 2 heterocycles. The summed E-state index contributed by atoms with van der Waals surface area (Å²) in [5, 5.41) is 11.2. The summed E-state index contributed by atoms with van der Waals surface area (Å²) in [7, 11) is 0. The third-order valence-electron chi connectivity index (χ3n) is 7.30. The highest BCUT2D eigenvalue weighted by Gasteiger charge is 2.18. The second kappa shape index (κ2) is 11.7. The molecule has 0 spiro atoms. The molecule has 0 saturated heterocycles. The molecule has 5 aromatic rings. The van der Waals surface area contributed by atoms with Crippen LogP contribution in [-0.4, -0.2) is 33.9 Å². The van der Waals surface area contributed by atoms with Gasteiger partial charge >= 0.3 is 0 Å². The molecule has 0 atom stereocenters. The van der Waals surface area contributed by atoms with Gasteiger partial charge in [0, 0.05) is 40.8 Å². The number of nitrogens with zero attached hydrogens (tertiary/aromatic N) is 3. The van der Waals surface area contributed by atoms with E-state index >= 15 is 0 Å². The maximum atomic E-state index is 14.5. The largest absolute Gasteiger partial charge is 0.384 e. The highest BCUT2D eigenvalue weighted by molar-refractivity contribution is 9.10. The number of amides is 1. The smallest absolute Gasteiger partial charge is 0.251 e. The number of hydrogen-bond acceptors (Lipinski definition) is 6. The van der Waals surface area contributed by atoms with Crippen LogP contribution in [0.5, 0.6) is 0 Å². The minimum absolute atomic E-state index is 0.0639. The summed E-state index contributed by atoms with van der Waals surface area (Å²) >= 11 is 2.91. The lowest BCUT2D eigenvalue weighted by Crippen LogP contribution is -2.26. The highest BCUT2D eigenvalue weighted by Crippen LogP contribution is 2.33. The molecule has 1 aliphatic rings. The second-order valence-corrected chi connectivity index (χ2v) is 10.8. The van der Waals surface area contributed by atoms with Crippen molar-refractivity contribution in [3.8, 4) is 0 Å². The van der Waals surface area contributed by atoms with Crippen LogP contribution in [0, 0.1) is 11.6 Å². The van der Waals surface area contributed by atoms with Crippen molar-refractivity contribution in [2.75, 3.05) is 23.7 Å². The van der Waals surface area contributed by atoms with Gasteiger partial charge in [-0.25, -0.2) is 18.7 Å². The molecule has 0 unspecified atom stereocenters. The van der Waals surface area contributed by atoms with Gasteiger partial charge in [0.15, 0.2) is 5.82 Å². The van der Waals surface area contributed by atoms with Gasteiger partial charge in [-0.3, -0.25) is 9.78 Å². The van der Waals surface area contributed by atoms with Crippen LogP contribution in [0.3, 0.4) is 0 Å². The Morgan fingerprint density at radius 3 is 2.68 bits per heavy atom. The molecule has 0 saturated carbocycles. The zero-order chi connectivity index (χ0) is 28.3. The van der Waals surface area contributed by atoms with Crippen LogP contribution in [0.4, 0.5) is 26.0 Å². The lowest BCUT2D eigenvalue weighted by Gasteiger charge is -2.21. The van der Waals surface area contributed by atoms with E-state index in [-0.39, 0.29) is 16.1 Å². The average molecular weight is 617 g/mol. The van der Waals surface area contributed by atoms with Gasteiger partial charge in [-0.15, -0.1) is 0 Å². The Morgan fingerprint density at radius 1 is 0.927 bits per heavy atom. The number of aromatic nitrogens is 3. The van der Waals surface area contributed by atoms with Crippen molar-refractivity contribution in [1.82, 2.24) is 20.3 Å². The molecular weight excluding hydrogens is 590 g/mol. The molecule has 2 aromatic heterocycles. The van der Waals surface area contributed by atoms with Crippen molar-refractivity contribution >= 4 is 60.8 Å². The van der Waals surface area contributed by atoms with Crippen molar-refractivity contribution in [3.63, 3.8) is 0 Å². The van der Waals surface area contributed by atoms with E-state index in [1.54, 1.807) is 18.2 Å². The summed E-state index contributed by atoms with van der Waals surface area (Å²) < 4.78 is 27.8. The maximum absolute atomic E-state index is 14.5. The number of aryl methyl sites for hydroxylation is 1. The first kappa shape index (κ1) is 27.0. The molecule has 3 aromatic carbocycles. The minimum atomic E-state index is -0.765. The minimum Gasteiger partial charge on any atom is -0.384 e. The average Bonchev–Trinajstić information content (AvgIpc) is 3.00. The van der Waals surface area contributed by atoms with E-state index in [4.69, 9.17) is 4.98 Å². The fourth-order valence-electron chi connectivity index (χ4n) is 5.23. The third kappa shape index (κ3) is 5.56. The number of hydrogen-bond donors (Lipinski definition) is 3. The van der Waals surface area contributed by atoms with E-state index in [2.05, 4.69) is 54.0 Å². The molecule has 3 N–H and O–H groups in total. The van der Waals surface area contributed by atoms with Gasteiger partial charge in [-0.2, -0.15) is 0 Å².